The molecule has 132 valence electrons. The number of hydrogen-bond donors (Lipinski definition) is 1. The number of nitriles is 1. The Morgan fingerprint density at radius 3 is 2.35 bits per heavy atom. The second-order valence-electron chi connectivity index (χ2n) is 5.22. The Hall–Kier alpha value is -3.35. The summed E-state index contributed by atoms with van der Waals surface area (Å²) in [7, 11) is 0. The van der Waals surface area contributed by atoms with Crippen LogP contribution in [0.1, 0.15) is 23.4 Å². The van der Waals surface area contributed by atoms with Crippen LogP contribution in [0, 0.1) is 11.3 Å². The summed E-state index contributed by atoms with van der Waals surface area (Å²) < 4.78 is 64.3. The number of aromatic amines is 1. The van der Waals surface area contributed by atoms with Gasteiger partial charge in [-0.2, -0.15) is 18.4 Å². The van der Waals surface area contributed by atoms with Crippen molar-refractivity contribution >= 4 is 0 Å². The minimum absolute atomic E-state index is 0.0205. The van der Waals surface area contributed by atoms with E-state index in [-0.39, 0.29) is 33.6 Å². The van der Waals surface area contributed by atoms with Crippen molar-refractivity contribution in [1.29, 1.82) is 5.26 Å². The molecule has 3 rings (SSSR count). The largest absolute Gasteiger partial charge is 0.433 e. The van der Waals surface area contributed by atoms with Gasteiger partial charge in [0.1, 0.15) is 17.5 Å². The fourth-order valence-corrected chi connectivity index (χ4v) is 2.32. The van der Waals surface area contributed by atoms with E-state index in [9.17, 15) is 22.0 Å². The summed E-state index contributed by atoms with van der Waals surface area (Å²) in [6.07, 6.45) is -6.48. The van der Waals surface area contributed by atoms with Crippen LogP contribution < -0.4 is 0 Å². The van der Waals surface area contributed by atoms with Crippen LogP contribution in [0.15, 0.2) is 36.5 Å². The van der Waals surface area contributed by atoms with Crippen molar-refractivity contribution in [2.45, 2.75) is 12.6 Å². The van der Waals surface area contributed by atoms with E-state index in [2.05, 4.69) is 20.4 Å². The first-order valence-corrected chi connectivity index (χ1v) is 7.08. The highest BCUT2D eigenvalue weighted by Gasteiger charge is 2.32. The quantitative estimate of drug-likeness (QED) is 0.700. The van der Waals surface area contributed by atoms with Crippen LogP contribution in [0.25, 0.3) is 22.4 Å². The Balaban J connectivity index is 2.11. The van der Waals surface area contributed by atoms with E-state index in [1.165, 1.54) is 6.07 Å². The van der Waals surface area contributed by atoms with Crippen molar-refractivity contribution < 1.29 is 22.0 Å². The number of aromatic nitrogens is 4. The molecule has 0 radical (unpaired) electrons. The van der Waals surface area contributed by atoms with Gasteiger partial charge >= 0.3 is 6.18 Å². The van der Waals surface area contributed by atoms with Crippen LogP contribution in [0.3, 0.4) is 0 Å². The molecule has 0 saturated heterocycles. The molecule has 0 atom stereocenters. The molecule has 0 saturated carbocycles. The van der Waals surface area contributed by atoms with Gasteiger partial charge in [0.15, 0.2) is 5.69 Å². The summed E-state index contributed by atoms with van der Waals surface area (Å²) in [6.45, 7) is 0. The number of nitrogens with zero attached hydrogens (tertiary/aromatic N) is 4. The van der Waals surface area contributed by atoms with Crippen molar-refractivity contribution in [2.24, 2.45) is 0 Å². The van der Waals surface area contributed by atoms with E-state index >= 15 is 0 Å². The second kappa shape index (κ2) is 6.51. The topological polar surface area (TPSA) is 78.2 Å². The maximum absolute atomic E-state index is 13.2. The van der Waals surface area contributed by atoms with Crippen LogP contribution >= 0.6 is 0 Å². The molecule has 0 bridgehead atoms. The Morgan fingerprint density at radius 2 is 1.77 bits per heavy atom. The van der Waals surface area contributed by atoms with Gasteiger partial charge in [0.2, 0.25) is 0 Å². The number of hydrogen-bond acceptors (Lipinski definition) is 4. The highest BCUT2D eigenvalue weighted by Crippen LogP contribution is 2.33. The SMILES string of the molecule is N#Cc1[nH]nnc1-c1cc(-c2ccc(C(F)(F)F)nc2)cc(C(F)F)c1. The third-order valence-electron chi connectivity index (χ3n) is 3.53. The number of nitrogens with one attached hydrogen (secondary N) is 1. The van der Waals surface area contributed by atoms with E-state index in [1.54, 1.807) is 6.07 Å². The van der Waals surface area contributed by atoms with Gasteiger partial charge in [-0.1, -0.05) is 11.3 Å². The molecular formula is C16H8F5N5. The number of H-pyrrole nitrogens is 1. The molecular weight excluding hydrogens is 357 g/mol. The Labute approximate surface area is 143 Å². The van der Waals surface area contributed by atoms with E-state index in [0.717, 1.165) is 30.5 Å². The van der Waals surface area contributed by atoms with E-state index in [1.807, 2.05) is 0 Å². The number of rotatable bonds is 3. The summed E-state index contributed by atoms with van der Waals surface area (Å²) in [4.78, 5) is 3.33. The molecule has 0 aliphatic carbocycles. The highest BCUT2D eigenvalue weighted by atomic mass is 19.4. The monoisotopic (exact) mass is 365 g/mol. The Bertz CT molecular complexity index is 970. The standard InChI is InChI=1S/C16H8F5N5/c17-15(18)11-4-9(8-1-2-13(23-7-8)16(19,20)21)3-10(5-11)14-12(6-22)24-26-25-14/h1-5,7,15H,(H,24,25,26). The average molecular weight is 365 g/mol. The van der Waals surface area contributed by atoms with Crippen LogP contribution in [-0.4, -0.2) is 20.4 Å². The van der Waals surface area contributed by atoms with E-state index in [4.69, 9.17) is 5.26 Å². The molecule has 5 nitrogen and oxygen atoms in total. The fourth-order valence-electron chi connectivity index (χ4n) is 2.32. The van der Waals surface area contributed by atoms with Gasteiger partial charge in [0.05, 0.1) is 0 Å². The summed E-state index contributed by atoms with van der Waals surface area (Å²) in [5, 5.41) is 18.5. The van der Waals surface area contributed by atoms with Crippen molar-refractivity contribution in [3.05, 3.63) is 53.5 Å². The van der Waals surface area contributed by atoms with Crippen molar-refractivity contribution in [2.75, 3.05) is 0 Å². The predicted molar refractivity (Wildman–Crippen MR) is 79.7 cm³/mol. The lowest BCUT2D eigenvalue weighted by Crippen LogP contribution is -2.07. The van der Waals surface area contributed by atoms with Crippen LogP contribution in [0.2, 0.25) is 0 Å². The van der Waals surface area contributed by atoms with Gasteiger partial charge in [0.25, 0.3) is 6.43 Å². The molecule has 0 aliphatic rings. The molecule has 0 unspecified atom stereocenters. The minimum atomic E-state index is -4.60. The second-order valence-corrected chi connectivity index (χ2v) is 5.22. The summed E-state index contributed by atoms with van der Waals surface area (Å²) in [5.74, 6) is 0. The lowest BCUT2D eigenvalue weighted by molar-refractivity contribution is -0.141. The molecule has 1 aromatic carbocycles. The number of pyridine rings is 1. The lowest BCUT2D eigenvalue weighted by atomic mass is 9.98. The zero-order chi connectivity index (χ0) is 18.9. The van der Waals surface area contributed by atoms with Gasteiger partial charge < -0.3 is 0 Å². The number of benzene rings is 1. The first kappa shape index (κ1) is 17.5. The zero-order valence-corrected chi connectivity index (χ0v) is 12.7. The lowest BCUT2D eigenvalue weighted by Gasteiger charge is -2.10. The first-order chi connectivity index (χ1) is 12.3. The number of halogens is 5. The fraction of sp³-hybridized carbons (Fsp3) is 0.125. The highest BCUT2D eigenvalue weighted by molar-refractivity contribution is 5.74. The zero-order valence-electron chi connectivity index (χ0n) is 12.7. The van der Waals surface area contributed by atoms with Crippen molar-refractivity contribution in [3.63, 3.8) is 0 Å². The molecule has 1 N–H and O–H groups in total. The van der Waals surface area contributed by atoms with Crippen LogP contribution in [0.5, 0.6) is 0 Å². The minimum Gasteiger partial charge on any atom is -0.251 e. The molecule has 0 amide bonds. The van der Waals surface area contributed by atoms with Gasteiger partial charge in [-0.3, -0.25) is 4.98 Å². The third-order valence-corrected chi connectivity index (χ3v) is 3.53. The smallest absolute Gasteiger partial charge is 0.251 e. The normalized spacial score (nSPS) is 11.6. The summed E-state index contributed by atoms with van der Waals surface area (Å²) in [5.41, 5.74) is -0.805. The number of alkyl halides is 5. The molecule has 0 spiro atoms. The van der Waals surface area contributed by atoms with Crippen molar-refractivity contribution in [1.82, 2.24) is 20.4 Å². The molecule has 0 fully saturated rings. The summed E-state index contributed by atoms with van der Waals surface area (Å²) in [6, 6.07) is 7.41. The maximum Gasteiger partial charge on any atom is 0.433 e. The van der Waals surface area contributed by atoms with Gasteiger partial charge in [-0.25, -0.2) is 13.9 Å². The van der Waals surface area contributed by atoms with Gasteiger partial charge in [0, 0.05) is 22.9 Å². The molecule has 26 heavy (non-hydrogen) atoms. The van der Waals surface area contributed by atoms with Gasteiger partial charge in [-0.05, 0) is 29.8 Å². The molecule has 0 aliphatic heterocycles. The first-order valence-electron chi connectivity index (χ1n) is 7.08. The van der Waals surface area contributed by atoms with Crippen LogP contribution in [0.4, 0.5) is 22.0 Å². The van der Waals surface area contributed by atoms with Crippen molar-refractivity contribution in [3.8, 4) is 28.5 Å². The van der Waals surface area contributed by atoms with Crippen LogP contribution in [-0.2, 0) is 6.18 Å². The van der Waals surface area contributed by atoms with Gasteiger partial charge in [-0.15, -0.1) is 5.10 Å². The van der Waals surface area contributed by atoms with E-state index < -0.39 is 18.3 Å². The maximum atomic E-state index is 13.2. The third kappa shape index (κ3) is 3.37. The molecule has 2 heterocycles. The molecule has 2 aromatic heterocycles. The average Bonchev–Trinajstić information content (AvgIpc) is 3.09. The summed E-state index contributed by atoms with van der Waals surface area (Å²) >= 11 is 0. The Morgan fingerprint density at radius 1 is 1.04 bits per heavy atom. The van der Waals surface area contributed by atoms with E-state index in [0.29, 0.717) is 0 Å². The molecule has 10 heteroatoms. The predicted octanol–water partition coefficient (Wildman–Crippen LogP) is 4.36. The Kier molecular flexibility index (Phi) is 4.38. The molecule has 3 aromatic rings.